The highest BCUT2D eigenvalue weighted by Crippen LogP contribution is 2.35. The zero-order chi connectivity index (χ0) is 19.7. The third kappa shape index (κ3) is 3.42. The molecular formula is C24H24O4. The molecule has 144 valence electrons. The van der Waals surface area contributed by atoms with Gasteiger partial charge in [-0.2, -0.15) is 0 Å². The van der Waals surface area contributed by atoms with E-state index in [-0.39, 0.29) is 5.63 Å². The van der Waals surface area contributed by atoms with Crippen molar-refractivity contribution in [1.29, 1.82) is 0 Å². The van der Waals surface area contributed by atoms with Gasteiger partial charge >= 0.3 is 5.63 Å². The van der Waals surface area contributed by atoms with E-state index in [0.717, 1.165) is 41.2 Å². The lowest BCUT2D eigenvalue weighted by Crippen LogP contribution is -2.05. The lowest BCUT2D eigenvalue weighted by molar-refractivity contribution is 0.321. The molecule has 0 atom stereocenters. The van der Waals surface area contributed by atoms with Crippen LogP contribution in [0.5, 0.6) is 11.5 Å². The fourth-order valence-electron chi connectivity index (χ4n) is 3.67. The third-order valence-electron chi connectivity index (χ3n) is 5.24. The molecule has 1 aliphatic carbocycles. The van der Waals surface area contributed by atoms with Crippen molar-refractivity contribution >= 4 is 21.7 Å². The molecule has 0 fully saturated rings. The summed E-state index contributed by atoms with van der Waals surface area (Å²) in [6, 6.07) is 9.57. The van der Waals surface area contributed by atoms with Crippen LogP contribution in [-0.4, -0.2) is 13.7 Å². The molecule has 0 amide bonds. The van der Waals surface area contributed by atoms with Gasteiger partial charge in [-0.3, -0.25) is 0 Å². The first kappa shape index (κ1) is 18.4. The SMILES string of the molecule is CCc1ccc2c(c1)c(=O)oc1cc(OCC3=CCCC(C)=C3)c(OC)cc12. The molecule has 1 aromatic heterocycles. The van der Waals surface area contributed by atoms with Gasteiger partial charge in [0.25, 0.3) is 0 Å². The van der Waals surface area contributed by atoms with Gasteiger partial charge in [0.1, 0.15) is 12.2 Å². The Kier molecular flexibility index (Phi) is 4.95. The fraction of sp³-hybridized carbons (Fsp3) is 0.292. The number of hydrogen-bond donors (Lipinski definition) is 0. The normalized spacial score (nSPS) is 14.1. The van der Waals surface area contributed by atoms with Crippen molar-refractivity contribution in [1.82, 2.24) is 0 Å². The minimum absolute atomic E-state index is 0.331. The molecule has 2 aromatic carbocycles. The van der Waals surface area contributed by atoms with Gasteiger partial charge in [-0.1, -0.05) is 36.8 Å². The van der Waals surface area contributed by atoms with Crippen LogP contribution in [0.1, 0.15) is 32.3 Å². The van der Waals surface area contributed by atoms with Gasteiger partial charge in [0, 0.05) is 16.8 Å². The van der Waals surface area contributed by atoms with Crippen LogP contribution in [0.25, 0.3) is 21.7 Å². The van der Waals surface area contributed by atoms with Crippen molar-refractivity contribution in [3.63, 3.8) is 0 Å². The van der Waals surface area contributed by atoms with Crippen molar-refractivity contribution in [2.75, 3.05) is 13.7 Å². The Morgan fingerprint density at radius 1 is 1.07 bits per heavy atom. The van der Waals surface area contributed by atoms with Crippen LogP contribution in [0.15, 0.2) is 62.8 Å². The Morgan fingerprint density at radius 2 is 1.93 bits per heavy atom. The summed E-state index contributed by atoms with van der Waals surface area (Å²) >= 11 is 0. The Bertz CT molecular complexity index is 1160. The summed E-state index contributed by atoms with van der Waals surface area (Å²) in [7, 11) is 1.62. The highest BCUT2D eigenvalue weighted by molar-refractivity contribution is 6.05. The maximum atomic E-state index is 12.5. The second-order valence-electron chi connectivity index (χ2n) is 7.22. The number of allylic oxidation sites excluding steroid dienone is 2. The molecule has 0 spiro atoms. The summed E-state index contributed by atoms with van der Waals surface area (Å²) in [5.74, 6) is 1.19. The molecule has 0 aliphatic heterocycles. The van der Waals surface area contributed by atoms with E-state index in [9.17, 15) is 4.79 Å². The van der Waals surface area contributed by atoms with E-state index in [1.165, 1.54) is 5.57 Å². The summed E-state index contributed by atoms with van der Waals surface area (Å²) in [5.41, 5.74) is 3.79. The summed E-state index contributed by atoms with van der Waals surface area (Å²) < 4.78 is 17.2. The summed E-state index contributed by atoms with van der Waals surface area (Å²) in [6.45, 7) is 4.65. The molecule has 3 aromatic rings. The molecule has 0 bridgehead atoms. The molecule has 1 aliphatic rings. The van der Waals surface area contributed by atoms with Crippen LogP contribution in [0.4, 0.5) is 0 Å². The third-order valence-corrected chi connectivity index (χ3v) is 5.24. The molecular weight excluding hydrogens is 352 g/mol. The smallest absolute Gasteiger partial charge is 0.344 e. The number of fused-ring (bicyclic) bond motifs is 3. The van der Waals surface area contributed by atoms with Crippen molar-refractivity contribution < 1.29 is 13.9 Å². The van der Waals surface area contributed by atoms with E-state index in [0.29, 0.717) is 29.1 Å². The van der Waals surface area contributed by atoms with Crippen LogP contribution in [0, 0.1) is 0 Å². The van der Waals surface area contributed by atoms with E-state index in [1.54, 1.807) is 13.2 Å². The molecule has 0 saturated carbocycles. The maximum absolute atomic E-state index is 12.5. The molecule has 4 heteroatoms. The van der Waals surface area contributed by atoms with Gasteiger partial charge in [0.15, 0.2) is 11.5 Å². The zero-order valence-electron chi connectivity index (χ0n) is 16.5. The Morgan fingerprint density at radius 3 is 2.68 bits per heavy atom. The number of methoxy groups -OCH3 is 1. The van der Waals surface area contributed by atoms with Crippen LogP contribution in [-0.2, 0) is 6.42 Å². The number of aryl methyl sites for hydroxylation is 1. The summed E-state index contributed by atoms with van der Waals surface area (Å²) in [4.78, 5) is 12.5. The van der Waals surface area contributed by atoms with Gasteiger partial charge in [-0.15, -0.1) is 0 Å². The zero-order valence-corrected chi connectivity index (χ0v) is 16.5. The highest BCUT2D eigenvalue weighted by Gasteiger charge is 2.14. The minimum Gasteiger partial charge on any atom is -0.493 e. The first-order valence-corrected chi connectivity index (χ1v) is 9.65. The molecule has 1 heterocycles. The predicted molar refractivity (Wildman–Crippen MR) is 112 cm³/mol. The average Bonchev–Trinajstić information content (AvgIpc) is 2.71. The Hall–Kier alpha value is -3.01. The maximum Gasteiger partial charge on any atom is 0.344 e. The van der Waals surface area contributed by atoms with Crippen molar-refractivity contribution in [3.05, 3.63) is 69.6 Å². The number of benzene rings is 2. The van der Waals surface area contributed by atoms with E-state index >= 15 is 0 Å². The lowest BCUT2D eigenvalue weighted by atomic mass is 10.0. The Balaban J connectivity index is 1.77. The topological polar surface area (TPSA) is 48.7 Å². The van der Waals surface area contributed by atoms with Gasteiger partial charge in [0.2, 0.25) is 0 Å². The highest BCUT2D eigenvalue weighted by atomic mass is 16.5. The fourth-order valence-corrected chi connectivity index (χ4v) is 3.67. The van der Waals surface area contributed by atoms with E-state index in [4.69, 9.17) is 13.9 Å². The van der Waals surface area contributed by atoms with Crippen LogP contribution < -0.4 is 15.1 Å². The first-order chi connectivity index (χ1) is 13.6. The van der Waals surface area contributed by atoms with Gasteiger partial charge in [-0.05, 0) is 49.5 Å². The molecule has 28 heavy (non-hydrogen) atoms. The second kappa shape index (κ2) is 7.55. The molecule has 0 saturated heterocycles. The Labute approximate surface area is 164 Å². The van der Waals surface area contributed by atoms with Crippen molar-refractivity contribution in [2.45, 2.75) is 33.1 Å². The molecule has 4 nitrogen and oxygen atoms in total. The van der Waals surface area contributed by atoms with Gasteiger partial charge < -0.3 is 13.9 Å². The summed E-state index contributed by atoms with van der Waals surface area (Å²) in [5, 5.41) is 2.30. The van der Waals surface area contributed by atoms with Crippen LogP contribution in [0.2, 0.25) is 0 Å². The minimum atomic E-state index is -0.331. The molecule has 0 N–H and O–H groups in total. The van der Waals surface area contributed by atoms with Gasteiger partial charge in [-0.25, -0.2) is 4.79 Å². The summed E-state index contributed by atoms with van der Waals surface area (Å²) in [6.07, 6.45) is 7.36. The molecule has 0 radical (unpaired) electrons. The first-order valence-electron chi connectivity index (χ1n) is 9.65. The van der Waals surface area contributed by atoms with Crippen LogP contribution >= 0.6 is 0 Å². The lowest BCUT2D eigenvalue weighted by Gasteiger charge is -2.15. The van der Waals surface area contributed by atoms with Crippen LogP contribution in [0.3, 0.4) is 0 Å². The number of hydrogen-bond acceptors (Lipinski definition) is 4. The molecule has 4 rings (SSSR count). The van der Waals surface area contributed by atoms with Gasteiger partial charge in [0.05, 0.1) is 12.5 Å². The van der Waals surface area contributed by atoms with Crippen molar-refractivity contribution in [2.24, 2.45) is 0 Å². The predicted octanol–water partition coefficient (Wildman–Crippen LogP) is 5.56. The second-order valence-corrected chi connectivity index (χ2v) is 7.22. The number of rotatable bonds is 5. The molecule has 0 unspecified atom stereocenters. The standard InChI is InChI=1S/C24H24O4/c1-4-16-8-9-18-19-12-22(26-3)23(13-21(19)28-24(25)20(18)11-16)27-14-17-7-5-6-15(2)10-17/h7-13H,4-6,14H2,1-3H3. The average molecular weight is 376 g/mol. The van der Waals surface area contributed by atoms with E-state index < -0.39 is 0 Å². The number of ether oxygens (including phenoxy) is 2. The van der Waals surface area contributed by atoms with E-state index in [2.05, 4.69) is 26.0 Å². The monoisotopic (exact) mass is 376 g/mol. The van der Waals surface area contributed by atoms with E-state index in [1.807, 2.05) is 24.3 Å². The van der Waals surface area contributed by atoms with Crippen molar-refractivity contribution in [3.8, 4) is 11.5 Å². The quantitative estimate of drug-likeness (QED) is 0.432. The largest absolute Gasteiger partial charge is 0.493 e.